The summed E-state index contributed by atoms with van der Waals surface area (Å²) in [5.41, 5.74) is 0.586. The highest BCUT2D eigenvalue weighted by atomic mass is 16.3. The largest absolute Gasteiger partial charge is 0.392 e. The third kappa shape index (κ3) is 6.73. The second kappa shape index (κ2) is 7.05. The lowest BCUT2D eigenvalue weighted by Crippen LogP contribution is -2.49. The normalized spacial score (nSPS) is 21.6. The highest BCUT2D eigenvalue weighted by molar-refractivity contribution is 4.89. The lowest BCUT2D eigenvalue weighted by Gasteiger charge is -2.42. The van der Waals surface area contributed by atoms with Gasteiger partial charge in [0, 0.05) is 25.2 Å². The van der Waals surface area contributed by atoms with Gasteiger partial charge < -0.3 is 15.3 Å². The fraction of sp³-hybridized carbons (Fsp3) is 1.00. The molecule has 1 aliphatic rings. The van der Waals surface area contributed by atoms with Crippen molar-refractivity contribution in [1.29, 1.82) is 0 Å². The molecule has 1 fully saturated rings. The van der Waals surface area contributed by atoms with Gasteiger partial charge in [0.15, 0.2) is 0 Å². The average molecular weight is 270 g/mol. The van der Waals surface area contributed by atoms with E-state index in [2.05, 4.69) is 38.0 Å². The molecular weight excluding hydrogens is 236 g/mol. The van der Waals surface area contributed by atoms with Crippen LogP contribution in [-0.4, -0.2) is 48.3 Å². The maximum Gasteiger partial charge on any atom is 0.0638 e. The summed E-state index contributed by atoms with van der Waals surface area (Å²) in [5.74, 6) is 0. The summed E-state index contributed by atoms with van der Waals surface area (Å²) in [6, 6.07) is 0. The maximum absolute atomic E-state index is 9.54. The van der Waals surface area contributed by atoms with Gasteiger partial charge in [0.2, 0.25) is 0 Å². The lowest BCUT2D eigenvalue weighted by atomic mass is 9.73. The van der Waals surface area contributed by atoms with E-state index in [-0.39, 0.29) is 11.6 Å². The van der Waals surface area contributed by atoms with E-state index in [0.29, 0.717) is 5.41 Å². The molecule has 0 bridgehead atoms. The Hall–Kier alpha value is -0.120. The van der Waals surface area contributed by atoms with Crippen molar-refractivity contribution in [3.8, 4) is 0 Å². The summed E-state index contributed by atoms with van der Waals surface area (Å²) in [4.78, 5) is 2.31. The Morgan fingerprint density at radius 2 is 1.79 bits per heavy atom. The van der Waals surface area contributed by atoms with E-state index in [1.807, 2.05) is 6.92 Å². The van der Waals surface area contributed by atoms with Gasteiger partial charge in [-0.05, 0) is 53.0 Å². The van der Waals surface area contributed by atoms with Crippen LogP contribution in [0.1, 0.15) is 59.8 Å². The highest BCUT2D eigenvalue weighted by Gasteiger charge is 2.34. The molecule has 114 valence electrons. The molecule has 1 unspecified atom stereocenters. The van der Waals surface area contributed by atoms with Crippen molar-refractivity contribution in [3.63, 3.8) is 0 Å². The van der Waals surface area contributed by atoms with Crippen LogP contribution < -0.4 is 5.32 Å². The first-order chi connectivity index (χ1) is 8.72. The zero-order chi connectivity index (χ0) is 14.5. The maximum atomic E-state index is 9.54. The minimum Gasteiger partial charge on any atom is -0.392 e. The average Bonchev–Trinajstić information content (AvgIpc) is 2.25. The monoisotopic (exact) mass is 270 g/mol. The van der Waals surface area contributed by atoms with Gasteiger partial charge in [-0.25, -0.2) is 0 Å². The van der Waals surface area contributed by atoms with E-state index in [0.717, 1.165) is 19.6 Å². The second-order valence-corrected chi connectivity index (χ2v) is 7.71. The molecule has 1 atom stereocenters. The van der Waals surface area contributed by atoms with Crippen molar-refractivity contribution < 1.29 is 5.11 Å². The fourth-order valence-electron chi connectivity index (χ4n) is 3.23. The van der Waals surface area contributed by atoms with Gasteiger partial charge in [0.1, 0.15) is 0 Å². The Morgan fingerprint density at radius 3 is 2.26 bits per heavy atom. The van der Waals surface area contributed by atoms with Crippen LogP contribution in [0, 0.1) is 5.41 Å². The van der Waals surface area contributed by atoms with Crippen molar-refractivity contribution >= 4 is 0 Å². The number of nitrogens with zero attached hydrogens (tertiary/aromatic N) is 1. The van der Waals surface area contributed by atoms with Crippen LogP contribution in [0.4, 0.5) is 0 Å². The van der Waals surface area contributed by atoms with Gasteiger partial charge >= 0.3 is 0 Å². The van der Waals surface area contributed by atoms with Gasteiger partial charge in [0.25, 0.3) is 0 Å². The molecule has 0 aromatic rings. The van der Waals surface area contributed by atoms with Crippen LogP contribution in [0.3, 0.4) is 0 Å². The lowest BCUT2D eigenvalue weighted by molar-refractivity contribution is 0.0767. The standard InChI is InChI=1S/C16H34N2O/c1-14(19)11-18(5)13-16(9-7-6-8-10-16)12-17-15(2,3)4/h14,17,19H,6-13H2,1-5H3. The topological polar surface area (TPSA) is 35.5 Å². The van der Waals surface area contributed by atoms with Crippen LogP contribution in [0.2, 0.25) is 0 Å². The quantitative estimate of drug-likeness (QED) is 0.779. The Bertz CT molecular complexity index is 252. The molecule has 1 aliphatic carbocycles. The van der Waals surface area contributed by atoms with Crippen molar-refractivity contribution in [1.82, 2.24) is 10.2 Å². The predicted molar refractivity (Wildman–Crippen MR) is 82.5 cm³/mol. The Labute approximate surface area is 119 Å². The van der Waals surface area contributed by atoms with Crippen LogP contribution in [0.15, 0.2) is 0 Å². The van der Waals surface area contributed by atoms with Gasteiger partial charge in [-0.2, -0.15) is 0 Å². The number of aliphatic hydroxyl groups is 1. The minimum absolute atomic E-state index is 0.188. The van der Waals surface area contributed by atoms with Gasteiger partial charge in [-0.3, -0.25) is 0 Å². The Kier molecular flexibility index (Phi) is 6.28. The molecule has 1 saturated carbocycles. The first-order valence-corrected chi connectivity index (χ1v) is 7.84. The Morgan fingerprint density at radius 1 is 1.21 bits per heavy atom. The van der Waals surface area contributed by atoms with E-state index in [1.54, 1.807) is 0 Å². The third-order valence-corrected chi connectivity index (χ3v) is 4.09. The number of hydrogen-bond acceptors (Lipinski definition) is 3. The molecule has 19 heavy (non-hydrogen) atoms. The van der Waals surface area contributed by atoms with E-state index in [9.17, 15) is 5.11 Å². The van der Waals surface area contributed by atoms with Crippen molar-refractivity contribution in [2.45, 2.75) is 71.4 Å². The summed E-state index contributed by atoms with van der Waals surface area (Å²) >= 11 is 0. The predicted octanol–water partition coefficient (Wildman–Crippen LogP) is 2.64. The molecule has 0 amide bonds. The molecule has 0 heterocycles. The number of hydrogen-bond donors (Lipinski definition) is 2. The first kappa shape index (κ1) is 16.9. The SMILES string of the molecule is CC(O)CN(C)CC1(CNC(C)(C)C)CCCCC1. The van der Waals surface area contributed by atoms with Crippen LogP contribution in [-0.2, 0) is 0 Å². The number of aliphatic hydroxyl groups excluding tert-OH is 1. The second-order valence-electron chi connectivity index (χ2n) is 7.71. The summed E-state index contributed by atoms with van der Waals surface area (Å²) in [6.45, 7) is 11.6. The molecule has 0 aromatic carbocycles. The Balaban J connectivity index is 2.59. The van der Waals surface area contributed by atoms with E-state index in [4.69, 9.17) is 0 Å². The van der Waals surface area contributed by atoms with Gasteiger partial charge in [-0.1, -0.05) is 19.3 Å². The zero-order valence-electron chi connectivity index (χ0n) is 13.6. The van der Waals surface area contributed by atoms with E-state index >= 15 is 0 Å². The van der Waals surface area contributed by atoms with Crippen LogP contribution >= 0.6 is 0 Å². The summed E-state index contributed by atoms with van der Waals surface area (Å²) in [7, 11) is 2.14. The van der Waals surface area contributed by atoms with Crippen molar-refractivity contribution in [2.75, 3.05) is 26.7 Å². The van der Waals surface area contributed by atoms with Crippen LogP contribution in [0.5, 0.6) is 0 Å². The smallest absolute Gasteiger partial charge is 0.0638 e. The van der Waals surface area contributed by atoms with Crippen molar-refractivity contribution in [2.24, 2.45) is 5.41 Å². The highest BCUT2D eigenvalue weighted by Crippen LogP contribution is 2.36. The van der Waals surface area contributed by atoms with E-state index in [1.165, 1.54) is 32.1 Å². The molecule has 0 aliphatic heterocycles. The van der Waals surface area contributed by atoms with Crippen LogP contribution in [0.25, 0.3) is 0 Å². The molecule has 0 aromatic heterocycles. The van der Waals surface area contributed by atoms with Gasteiger partial charge in [0.05, 0.1) is 6.10 Å². The fourth-order valence-corrected chi connectivity index (χ4v) is 3.23. The number of nitrogens with one attached hydrogen (secondary N) is 1. The minimum atomic E-state index is -0.235. The van der Waals surface area contributed by atoms with Gasteiger partial charge in [-0.15, -0.1) is 0 Å². The summed E-state index contributed by atoms with van der Waals surface area (Å²) in [5, 5.41) is 13.2. The number of rotatable bonds is 6. The van der Waals surface area contributed by atoms with E-state index < -0.39 is 0 Å². The zero-order valence-corrected chi connectivity index (χ0v) is 13.6. The number of likely N-dealkylation sites (N-methyl/N-ethyl adjacent to an activating group) is 1. The van der Waals surface area contributed by atoms with Crippen molar-refractivity contribution in [3.05, 3.63) is 0 Å². The molecule has 3 nitrogen and oxygen atoms in total. The summed E-state index contributed by atoms with van der Waals surface area (Å²) < 4.78 is 0. The molecule has 0 saturated heterocycles. The third-order valence-electron chi connectivity index (χ3n) is 4.09. The molecular formula is C16H34N2O. The summed E-state index contributed by atoms with van der Waals surface area (Å²) in [6.07, 6.45) is 6.50. The molecule has 1 rings (SSSR count). The molecule has 2 N–H and O–H groups in total. The first-order valence-electron chi connectivity index (χ1n) is 7.84. The molecule has 3 heteroatoms. The molecule has 0 spiro atoms. The molecule has 0 radical (unpaired) electrons.